The maximum atomic E-state index is 12.9. The lowest BCUT2D eigenvalue weighted by Gasteiger charge is -2.36. The molecule has 6 nitrogen and oxygen atoms in total. The monoisotopic (exact) mass is 489 g/mol. The van der Waals surface area contributed by atoms with Gasteiger partial charge in [0.05, 0.1) is 13.2 Å². The minimum atomic E-state index is -0.0859. The molecule has 1 spiro atoms. The van der Waals surface area contributed by atoms with Gasteiger partial charge >= 0.3 is 0 Å². The second-order valence-electron chi connectivity index (χ2n) is 11.4. The molecule has 3 aliphatic heterocycles. The number of rotatable bonds is 8. The molecule has 4 aliphatic rings. The van der Waals surface area contributed by atoms with Crippen molar-refractivity contribution in [3.8, 4) is 5.75 Å². The van der Waals surface area contributed by atoms with E-state index in [4.69, 9.17) is 9.47 Å². The Hall–Kier alpha value is -2.57. The van der Waals surface area contributed by atoms with Gasteiger partial charge in [-0.25, -0.2) is 0 Å². The van der Waals surface area contributed by atoms with Gasteiger partial charge in [0.2, 0.25) is 0 Å². The van der Waals surface area contributed by atoms with Crippen LogP contribution >= 0.6 is 0 Å². The molecule has 2 unspecified atom stereocenters. The van der Waals surface area contributed by atoms with Crippen molar-refractivity contribution in [1.29, 1.82) is 0 Å². The number of amides is 1. The van der Waals surface area contributed by atoms with Gasteiger partial charge in [-0.05, 0) is 112 Å². The fourth-order valence-electron chi connectivity index (χ4n) is 6.24. The lowest BCUT2D eigenvalue weighted by Crippen LogP contribution is -2.48. The smallest absolute Gasteiger partial charge is 0.255 e. The number of carbonyl (C=O) groups is 1. The third kappa shape index (κ3) is 5.12. The van der Waals surface area contributed by atoms with Gasteiger partial charge in [-0.3, -0.25) is 9.69 Å². The minimum Gasteiger partial charge on any atom is -0.493 e. The molecule has 1 aliphatic carbocycles. The second kappa shape index (κ2) is 10.1. The molecule has 4 fully saturated rings. The topological polar surface area (TPSA) is 54.0 Å². The molecule has 192 valence electrons. The molecule has 1 saturated carbocycles. The van der Waals surface area contributed by atoms with Crippen LogP contribution in [0, 0.1) is 18.8 Å². The Bertz CT molecular complexity index is 1080. The SMILES string of the molecule is Cc1cc(N2CCC3(CCCN3CC3CCOC3)C2)ccc1NC(=O)c1ccc(OCC2CC2)cc1. The highest BCUT2D eigenvalue weighted by Gasteiger charge is 2.46. The van der Waals surface area contributed by atoms with E-state index in [9.17, 15) is 4.79 Å². The molecule has 6 rings (SSSR count). The van der Waals surface area contributed by atoms with Gasteiger partial charge in [0, 0.05) is 48.7 Å². The van der Waals surface area contributed by atoms with Gasteiger partial charge in [0.1, 0.15) is 5.75 Å². The summed E-state index contributed by atoms with van der Waals surface area (Å²) in [6.45, 7) is 9.33. The Kier molecular flexibility index (Phi) is 6.65. The predicted molar refractivity (Wildman–Crippen MR) is 143 cm³/mol. The predicted octanol–water partition coefficient (Wildman–Crippen LogP) is 5.12. The third-order valence-electron chi connectivity index (χ3n) is 8.70. The van der Waals surface area contributed by atoms with E-state index >= 15 is 0 Å². The van der Waals surface area contributed by atoms with E-state index in [1.54, 1.807) is 0 Å². The average molecular weight is 490 g/mol. The van der Waals surface area contributed by atoms with Gasteiger partial charge in [0.25, 0.3) is 5.91 Å². The first-order valence-electron chi connectivity index (χ1n) is 13.8. The molecule has 3 saturated heterocycles. The first kappa shape index (κ1) is 23.8. The fourth-order valence-corrected chi connectivity index (χ4v) is 6.24. The molecule has 6 heteroatoms. The zero-order valence-corrected chi connectivity index (χ0v) is 21.5. The van der Waals surface area contributed by atoms with E-state index in [1.165, 1.54) is 57.3 Å². The van der Waals surface area contributed by atoms with Crippen LogP contribution in [0.15, 0.2) is 42.5 Å². The Labute approximate surface area is 214 Å². The molecule has 0 bridgehead atoms. The molecule has 36 heavy (non-hydrogen) atoms. The van der Waals surface area contributed by atoms with Crippen molar-refractivity contribution < 1.29 is 14.3 Å². The number of ether oxygens (including phenoxy) is 2. The van der Waals surface area contributed by atoms with Crippen molar-refractivity contribution in [3.05, 3.63) is 53.6 Å². The first-order valence-corrected chi connectivity index (χ1v) is 13.8. The van der Waals surface area contributed by atoms with Crippen LogP contribution in [-0.2, 0) is 4.74 Å². The zero-order valence-electron chi connectivity index (χ0n) is 21.5. The van der Waals surface area contributed by atoms with Gasteiger partial charge in [-0.15, -0.1) is 0 Å². The zero-order chi connectivity index (χ0) is 24.5. The highest BCUT2D eigenvalue weighted by molar-refractivity contribution is 6.04. The van der Waals surface area contributed by atoms with Crippen LogP contribution in [0.5, 0.6) is 5.75 Å². The van der Waals surface area contributed by atoms with Crippen molar-refractivity contribution >= 4 is 17.3 Å². The molecular weight excluding hydrogens is 450 g/mol. The summed E-state index contributed by atoms with van der Waals surface area (Å²) in [6, 6.07) is 13.9. The Morgan fingerprint density at radius 2 is 1.94 bits per heavy atom. The van der Waals surface area contributed by atoms with Gasteiger partial charge in [0.15, 0.2) is 0 Å². The minimum absolute atomic E-state index is 0.0859. The first-order chi connectivity index (χ1) is 17.6. The molecule has 0 aromatic heterocycles. The van der Waals surface area contributed by atoms with E-state index < -0.39 is 0 Å². The van der Waals surface area contributed by atoms with Crippen LogP contribution in [0.1, 0.15) is 54.4 Å². The fraction of sp³-hybridized carbons (Fsp3) is 0.567. The third-order valence-corrected chi connectivity index (χ3v) is 8.70. The van der Waals surface area contributed by atoms with Crippen LogP contribution in [-0.4, -0.2) is 62.3 Å². The lowest BCUT2D eigenvalue weighted by atomic mass is 9.94. The van der Waals surface area contributed by atoms with Gasteiger partial charge in [-0.2, -0.15) is 0 Å². The summed E-state index contributed by atoms with van der Waals surface area (Å²) < 4.78 is 11.4. The second-order valence-corrected chi connectivity index (χ2v) is 11.4. The van der Waals surface area contributed by atoms with Crippen molar-refractivity contribution in [1.82, 2.24) is 4.90 Å². The highest BCUT2D eigenvalue weighted by atomic mass is 16.5. The van der Waals surface area contributed by atoms with Crippen LogP contribution in [0.2, 0.25) is 0 Å². The maximum absolute atomic E-state index is 12.9. The summed E-state index contributed by atoms with van der Waals surface area (Å²) >= 11 is 0. The number of carbonyl (C=O) groups excluding carboxylic acids is 1. The highest BCUT2D eigenvalue weighted by Crippen LogP contribution is 2.40. The maximum Gasteiger partial charge on any atom is 0.255 e. The van der Waals surface area contributed by atoms with Crippen LogP contribution in [0.3, 0.4) is 0 Å². The number of nitrogens with zero attached hydrogens (tertiary/aromatic N) is 2. The number of nitrogens with one attached hydrogen (secondary N) is 1. The standard InChI is InChI=1S/C30H39N3O3/c1-22-17-26(32-15-13-30(21-32)12-2-14-33(30)18-24-11-16-35-19-24)7-10-28(22)31-29(34)25-5-8-27(9-6-25)36-20-23-3-4-23/h5-10,17,23-24H,2-4,11-16,18-21H2,1H3,(H,31,34). The molecule has 1 amide bonds. The summed E-state index contributed by atoms with van der Waals surface area (Å²) in [5.41, 5.74) is 4.19. The molecule has 2 aromatic rings. The van der Waals surface area contributed by atoms with Gasteiger partial charge in [-0.1, -0.05) is 0 Å². The van der Waals surface area contributed by atoms with Crippen LogP contribution in [0.25, 0.3) is 0 Å². The number of likely N-dealkylation sites (tertiary alicyclic amines) is 1. The molecule has 1 N–H and O–H groups in total. The van der Waals surface area contributed by atoms with E-state index in [0.717, 1.165) is 49.9 Å². The van der Waals surface area contributed by atoms with E-state index in [-0.39, 0.29) is 5.91 Å². The van der Waals surface area contributed by atoms with E-state index in [2.05, 4.69) is 40.2 Å². The Morgan fingerprint density at radius 3 is 2.69 bits per heavy atom. The van der Waals surface area contributed by atoms with Crippen molar-refractivity contribution in [2.24, 2.45) is 11.8 Å². The normalized spacial score (nSPS) is 26.1. The van der Waals surface area contributed by atoms with Crippen LogP contribution < -0.4 is 15.0 Å². The molecule has 2 aromatic carbocycles. The number of hydrogen-bond acceptors (Lipinski definition) is 5. The summed E-state index contributed by atoms with van der Waals surface area (Å²) in [5.74, 6) is 2.16. The van der Waals surface area contributed by atoms with E-state index in [1.807, 2.05) is 24.3 Å². The van der Waals surface area contributed by atoms with Crippen molar-refractivity contribution in [3.63, 3.8) is 0 Å². The lowest BCUT2D eigenvalue weighted by molar-refractivity contribution is 0.102. The number of anilines is 2. The molecular formula is C30H39N3O3. The summed E-state index contributed by atoms with van der Waals surface area (Å²) in [7, 11) is 0. The summed E-state index contributed by atoms with van der Waals surface area (Å²) in [6.07, 6.45) is 7.59. The van der Waals surface area contributed by atoms with Gasteiger partial charge < -0.3 is 19.7 Å². The summed E-state index contributed by atoms with van der Waals surface area (Å²) in [5, 5.41) is 3.10. The van der Waals surface area contributed by atoms with E-state index in [0.29, 0.717) is 22.9 Å². The molecule has 0 radical (unpaired) electrons. The largest absolute Gasteiger partial charge is 0.493 e. The van der Waals surface area contributed by atoms with Crippen molar-refractivity contribution in [2.45, 2.75) is 51.0 Å². The molecule has 3 heterocycles. The summed E-state index contributed by atoms with van der Waals surface area (Å²) in [4.78, 5) is 18.2. The average Bonchev–Trinajstić information content (AvgIpc) is 3.24. The van der Waals surface area contributed by atoms with Crippen molar-refractivity contribution in [2.75, 3.05) is 56.2 Å². The van der Waals surface area contributed by atoms with Crippen LogP contribution in [0.4, 0.5) is 11.4 Å². The number of hydrogen-bond donors (Lipinski definition) is 1. The number of benzene rings is 2. The Balaban J connectivity index is 1.07. The Morgan fingerprint density at radius 1 is 1.08 bits per heavy atom. The quantitative estimate of drug-likeness (QED) is 0.558. The molecule has 2 atom stereocenters. The number of aryl methyl sites for hydroxylation is 1.